The monoisotopic (exact) mass is 1710 g/mol. The zero-order valence-corrected chi connectivity index (χ0v) is 75.8. The maximum absolute atomic E-state index is 14.0. The normalized spacial score (nSPS) is 18.0. The molecule has 1 N–H and O–H groups in total. The van der Waals surface area contributed by atoms with Crippen LogP contribution < -0.4 is 18.9 Å². The van der Waals surface area contributed by atoms with Crippen molar-refractivity contribution >= 4 is 90.6 Å². The van der Waals surface area contributed by atoms with Crippen LogP contribution in [0.3, 0.4) is 0 Å². The van der Waals surface area contributed by atoms with Gasteiger partial charge in [-0.15, -0.1) is 0 Å². The van der Waals surface area contributed by atoms with Crippen LogP contribution in [0.4, 0.5) is 0 Å². The molecule has 4 heterocycles. The minimum atomic E-state index is -0.979. The number of methoxy groups -OCH3 is 10. The third-order valence-electron chi connectivity index (χ3n) is 25.6. The van der Waals surface area contributed by atoms with Gasteiger partial charge < -0.3 is 70.7 Å². The number of nitrogens with zero attached hydrogens (tertiary/aromatic N) is 4. The zero-order chi connectivity index (χ0) is 91.0. The molecule has 16 rings (SSSR count). The van der Waals surface area contributed by atoms with Crippen molar-refractivity contribution in [2.24, 2.45) is 16.7 Å². The summed E-state index contributed by atoms with van der Waals surface area (Å²) in [6.45, 7) is 24.4. The van der Waals surface area contributed by atoms with Crippen LogP contribution in [0.25, 0.3) is 43.6 Å². The van der Waals surface area contributed by atoms with E-state index < -0.39 is 22.8 Å². The van der Waals surface area contributed by atoms with Crippen molar-refractivity contribution < 1.29 is 90.8 Å². The Balaban J connectivity index is 0.000000144. The quantitative estimate of drug-likeness (QED) is 0.0488. The molecule has 4 aliphatic rings. The lowest BCUT2D eigenvalue weighted by molar-refractivity contribution is 0.0431. The molecular weight excluding hydrogens is 1600 g/mol. The lowest BCUT2D eigenvalue weighted by Crippen LogP contribution is -2.45. The van der Waals surface area contributed by atoms with Gasteiger partial charge in [0.05, 0.1) is 125 Å². The predicted molar refractivity (Wildman–Crippen MR) is 485 cm³/mol. The van der Waals surface area contributed by atoms with Gasteiger partial charge in [0, 0.05) is 103 Å². The summed E-state index contributed by atoms with van der Waals surface area (Å²) in [7, 11) is 15.6. The van der Waals surface area contributed by atoms with Crippen molar-refractivity contribution in [3.05, 3.63) is 259 Å². The first-order valence-electron chi connectivity index (χ1n) is 42.2. The van der Waals surface area contributed by atoms with Gasteiger partial charge in [0.1, 0.15) is 23.0 Å². The topological polar surface area (TPSA) is 269 Å². The molecule has 23 heteroatoms. The highest BCUT2D eigenvalue weighted by atomic mass is 16.5. The summed E-state index contributed by atoms with van der Waals surface area (Å²) in [4.78, 5) is 103. The Hall–Kier alpha value is -12.4. The van der Waals surface area contributed by atoms with Crippen molar-refractivity contribution in [2.75, 3.05) is 90.9 Å². The van der Waals surface area contributed by atoms with Crippen molar-refractivity contribution in [1.82, 2.24) is 18.3 Å². The van der Waals surface area contributed by atoms with Gasteiger partial charge >= 0.3 is 23.9 Å². The van der Waals surface area contributed by atoms with Crippen LogP contribution in [0, 0.1) is 16.7 Å². The zero-order valence-electron chi connectivity index (χ0n) is 75.8. The highest BCUT2D eigenvalue weighted by Crippen LogP contribution is 2.53. The fourth-order valence-corrected chi connectivity index (χ4v) is 20.1. The van der Waals surface area contributed by atoms with Crippen LogP contribution in [-0.2, 0) is 76.3 Å². The Morgan fingerprint density at radius 3 is 0.952 bits per heavy atom. The number of hydrogen-bond acceptors (Lipinski definition) is 18. The SMILES string of the molecule is COC(=O)c1ccc2c(c1)c1c(n2Cc2ccc(OC)cc2)C(=O)CCC1(C)C.COCC1(C)CC(C)(C)c2c(n(Cc3ccc(OC)cc3)c3ccc(C(=O)O)cc23)C1=O.COCC1(C)CC(C)(C)c2c(n(Cc3ccc(OC)cc3)c3ccc(C(=O)OC)cc23)C1=O.COCC1CC(C)(C)c2c(n(Cc3ccc(OC)cc3)c3ccc(C(=O)OC)cc23)C1=O. The first-order chi connectivity index (χ1) is 59.9. The molecule has 0 fully saturated rings. The number of ketones is 4. The van der Waals surface area contributed by atoms with Crippen molar-refractivity contribution in [1.29, 1.82) is 0 Å². The van der Waals surface area contributed by atoms with E-state index in [1.165, 1.54) is 21.3 Å². The second-order valence-corrected chi connectivity index (χ2v) is 36.5. The molecule has 4 aromatic heterocycles. The maximum atomic E-state index is 14.0. The van der Waals surface area contributed by atoms with Crippen molar-refractivity contribution in [3.63, 3.8) is 0 Å². The summed E-state index contributed by atoms with van der Waals surface area (Å²) in [5, 5.41) is 13.2. The number of rotatable bonds is 22. The van der Waals surface area contributed by atoms with E-state index >= 15 is 0 Å². The Labute approximate surface area is 735 Å². The number of carboxylic acid groups (broad SMARTS) is 1. The maximum Gasteiger partial charge on any atom is 0.337 e. The number of carbonyl (C=O) groups excluding carboxylic acids is 7. The second kappa shape index (κ2) is 36.3. The van der Waals surface area contributed by atoms with Crippen LogP contribution in [0.15, 0.2) is 170 Å². The van der Waals surface area contributed by atoms with Crippen LogP contribution >= 0.6 is 0 Å². The summed E-state index contributed by atoms with van der Waals surface area (Å²) in [6, 6.07) is 53.1. The highest BCUT2D eigenvalue weighted by molar-refractivity contribution is 6.12. The number of aromatic carboxylic acids is 1. The minimum Gasteiger partial charge on any atom is -0.497 e. The number of carboxylic acids is 1. The molecule has 0 spiro atoms. The average molecular weight is 1710 g/mol. The van der Waals surface area contributed by atoms with Crippen molar-refractivity contribution in [2.45, 2.75) is 149 Å². The van der Waals surface area contributed by atoms with Gasteiger partial charge in [-0.25, -0.2) is 19.2 Å². The van der Waals surface area contributed by atoms with E-state index in [1.54, 1.807) is 80.1 Å². The van der Waals surface area contributed by atoms with E-state index in [0.29, 0.717) is 105 Å². The lowest BCUT2D eigenvalue weighted by atomic mass is 9.62. The molecule has 0 saturated carbocycles. The molecule has 0 saturated heterocycles. The summed E-state index contributed by atoms with van der Waals surface area (Å²) in [5.74, 6) is 1.15. The Morgan fingerprint density at radius 1 is 0.357 bits per heavy atom. The number of hydrogen-bond donors (Lipinski definition) is 1. The smallest absolute Gasteiger partial charge is 0.337 e. The summed E-state index contributed by atoms with van der Waals surface area (Å²) in [5.41, 5.74) is 13.9. The van der Waals surface area contributed by atoms with Crippen LogP contribution in [0.5, 0.6) is 23.0 Å². The summed E-state index contributed by atoms with van der Waals surface area (Å²) in [6.07, 6.45) is 3.30. The van der Waals surface area contributed by atoms with Gasteiger partial charge in [-0.1, -0.05) is 104 Å². The third-order valence-corrected chi connectivity index (χ3v) is 25.6. The Bertz CT molecular complexity index is 6210. The van der Waals surface area contributed by atoms with Crippen LogP contribution in [0.2, 0.25) is 0 Å². The third kappa shape index (κ3) is 17.4. The fraction of sp³-hybridized carbons (Fsp3) is 0.379. The number of esters is 3. The molecule has 3 unspecified atom stereocenters. The van der Waals surface area contributed by atoms with E-state index in [1.807, 2.05) is 158 Å². The molecule has 0 radical (unpaired) electrons. The largest absolute Gasteiger partial charge is 0.497 e. The summed E-state index contributed by atoms with van der Waals surface area (Å²) < 4.78 is 60.5. The van der Waals surface area contributed by atoms with Crippen LogP contribution in [0.1, 0.15) is 229 Å². The molecule has 4 aliphatic carbocycles. The van der Waals surface area contributed by atoms with Gasteiger partial charge in [-0.05, 0) is 227 Å². The lowest BCUT2D eigenvalue weighted by Gasteiger charge is -2.41. The molecule has 660 valence electrons. The number of Topliss-reactive ketones (excluding diaryl/α,β-unsaturated/α-hetero) is 4. The Kier molecular flexibility index (Phi) is 26.3. The predicted octanol–water partition coefficient (Wildman–Crippen LogP) is 19.3. The molecule has 12 aromatic rings. The summed E-state index contributed by atoms with van der Waals surface area (Å²) >= 11 is 0. The Morgan fingerprint density at radius 2 is 0.651 bits per heavy atom. The molecule has 8 aromatic carbocycles. The molecule has 0 bridgehead atoms. The van der Waals surface area contributed by atoms with Gasteiger partial charge in [0.2, 0.25) is 0 Å². The van der Waals surface area contributed by atoms with Gasteiger partial charge in [0.25, 0.3) is 0 Å². The van der Waals surface area contributed by atoms with Gasteiger partial charge in [0.15, 0.2) is 23.1 Å². The molecule has 3 atom stereocenters. The first-order valence-corrected chi connectivity index (χ1v) is 42.2. The van der Waals surface area contributed by atoms with E-state index in [-0.39, 0.29) is 68.2 Å². The molecule has 0 aliphatic heterocycles. The number of ether oxygens (including phenoxy) is 10. The number of fused-ring (bicyclic) bond motifs is 12. The molecule has 23 nitrogen and oxygen atoms in total. The second-order valence-electron chi connectivity index (χ2n) is 36.5. The molecular formula is C103H114N4O19. The van der Waals surface area contributed by atoms with E-state index in [0.717, 1.165) is 123 Å². The first kappa shape index (κ1) is 91.3. The number of benzene rings is 8. The minimum absolute atomic E-state index is 0.0373. The van der Waals surface area contributed by atoms with Crippen molar-refractivity contribution in [3.8, 4) is 23.0 Å². The van der Waals surface area contributed by atoms with Crippen LogP contribution in [-0.4, -0.2) is 161 Å². The standard InChI is InChI=1S/C27H31NO5.2C26H29NO5.C24H25NO4/c1-26(2)15-27(3,16-31-4)24(29)23-22(26)20-13-18(25(30)33-6)9-12-21(20)28(23)14-17-7-10-19(32-5)11-8-17;1-26(2)13-18(15-30-3)24(28)23-22(26)20-12-17(25(29)32-5)8-11-21(20)27(23)14-16-6-9-19(31-4)10-7-16;1-25(2)14-26(3,15-31-4)23(28)22-21(25)19-12-17(24(29)30)8-11-20(19)27(22)13-16-6-9-18(32-5)10-7-16;1-24(2)12-11-20(26)22-21(24)18-13-16(23(27)29-4)7-10-19(18)25(22)14-15-5-8-17(28-3)9-6-15/h7-13H,14-16H2,1-6H3;6-12,18H,13-15H2,1-5H3;6-12H,13-15H2,1-5H3,(H,29,30);5-10,13H,11-12,14H2,1-4H3. The van der Waals surface area contributed by atoms with E-state index in [9.17, 15) is 43.5 Å². The number of aromatic nitrogens is 4. The molecule has 126 heavy (non-hydrogen) atoms. The molecule has 0 amide bonds. The highest BCUT2D eigenvalue weighted by Gasteiger charge is 2.52. The van der Waals surface area contributed by atoms with E-state index in [4.69, 9.17) is 47.4 Å². The average Bonchev–Trinajstić information content (AvgIpc) is 1.58. The number of carbonyl (C=O) groups is 8. The van der Waals surface area contributed by atoms with Gasteiger partial charge in [-0.3, -0.25) is 19.2 Å². The van der Waals surface area contributed by atoms with Gasteiger partial charge in [-0.2, -0.15) is 0 Å². The fourth-order valence-electron chi connectivity index (χ4n) is 20.1. The van der Waals surface area contributed by atoms with E-state index in [2.05, 4.69) is 69.1 Å².